The number of ether oxygens (including phenoxy) is 2. The third kappa shape index (κ3) is 5.46. The summed E-state index contributed by atoms with van der Waals surface area (Å²) in [5, 5.41) is 7.84. The lowest BCUT2D eigenvalue weighted by atomic mass is 10.1. The zero-order valence-corrected chi connectivity index (χ0v) is 19.1. The van der Waals surface area contributed by atoms with Crippen LogP contribution in [0.5, 0.6) is 11.5 Å². The summed E-state index contributed by atoms with van der Waals surface area (Å²) >= 11 is 0. The minimum absolute atomic E-state index is 0.271. The van der Waals surface area contributed by atoms with Crippen molar-refractivity contribution < 1.29 is 13.9 Å². The molecule has 0 spiro atoms. The van der Waals surface area contributed by atoms with Gasteiger partial charge in [-0.1, -0.05) is 23.4 Å². The molecule has 8 heteroatoms. The molecule has 0 radical (unpaired) electrons. The van der Waals surface area contributed by atoms with E-state index < -0.39 is 0 Å². The smallest absolute Gasteiger partial charge is 0.231 e. The number of hydrogen-bond donors (Lipinski definition) is 0. The number of benzene rings is 2. The first-order chi connectivity index (χ1) is 16.7. The number of nitrogens with zero attached hydrogens (tertiary/aromatic N) is 5. The number of aryl methyl sites for hydroxylation is 2. The zero-order valence-electron chi connectivity index (χ0n) is 19.1. The lowest BCUT2D eigenvalue weighted by Gasteiger charge is -2.18. The molecule has 8 nitrogen and oxygen atoms in total. The average Bonchev–Trinajstić information content (AvgIpc) is 3.63. The van der Waals surface area contributed by atoms with Crippen molar-refractivity contribution in [2.75, 3.05) is 18.7 Å². The SMILES string of the molecule is CN(Cc1coc(/C=C/c2ccc3c(c2)OCO3)n1)c1ccc(CCCCn2ccnn2)cc1. The number of rotatable bonds is 10. The van der Waals surface area contributed by atoms with Gasteiger partial charge in [-0.3, -0.25) is 4.68 Å². The van der Waals surface area contributed by atoms with Gasteiger partial charge in [-0.2, -0.15) is 0 Å². The first kappa shape index (κ1) is 21.8. The monoisotopic (exact) mass is 457 g/mol. The molecule has 174 valence electrons. The molecule has 5 rings (SSSR count). The van der Waals surface area contributed by atoms with E-state index in [1.165, 1.54) is 5.56 Å². The Morgan fingerprint density at radius 2 is 1.91 bits per heavy atom. The van der Waals surface area contributed by atoms with E-state index in [1.54, 1.807) is 12.5 Å². The predicted octanol–water partition coefficient (Wildman–Crippen LogP) is 4.82. The fraction of sp³-hybridized carbons (Fsp3) is 0.269. The highest BCUT2D eigenvalue weighted by Gasteiger charge is 2.12. The molecule has 1 aliphatic heterocycles. The highest BCUT2D eigenvalue weighted by Crippen LogP contribution is 2.33. The maximum absolute atomic E-state index is 5.63. The van der Waals surface area contributed by atoms with E-state index in [4.69, 9.17) is 13.9 Å². The molecular formula is C26H27N5O3. The summed E-state index contributed by atoms with van der Waals surface area (Å²) in [6, 6.07) is 14.5. The summed E-state index contributed by atoms with van der Waals surface area (Å²) in [6.07, 6.45) is 12.4. The topological polar surface area (TPSA) is 78.4 Å². The Hall–Kier alpha value is -4.07. The summed E-state index contributed by atoms with van der Waals surface area (Å²) in [4.78, 5) is 6.75. The molecule has 34 heavy (non-hydrogen) atoms. The van der Waals surface area contributed by atoms with Crippen LogP contribution in [0.4, 0.5) is 5.69 Å². The zero-order chi connectivity index (χ0) is 23.2. The van der Waals surface area contributed by atoms with Crippen molar-refractivity contribution >= 4 is 17.8 Å². The van der Waals surface area contributed by atoms with Crippen molar-refractivity contribution in [3.05, 3.63) is 83.8 Å². The van der Waals surface area contributed by atoms with Gasteiger partial charge in [0.1, 0.15) is 6.26 Å². The van der Waals surface area contributed by atoms with Crippen molar-refractivity contribution in [2.24, 2.45) is 0 Å². The molecular weight excluding hydrogens is 430 g/mol. The Balaban J connectivity index is 1.11. The number of hydrogen-bond acceptors (Lipinski definition) is 7. The quantitative estimate of drug-likeness (QED) is 0.316. The van der Waals surface area contributed by atoms with Crippen LogP contribution >= 0.6 is 0 Å². The molecule has 0 atom stereocenters. The number of unbranched alkanes of at least 4 members (excludes halogenated alkanes) is 1. The molecule has 2 aromatic heterocycles. The largest absolute Gasteiger partial charge is 0.454 e. The molecule has 0 aliphatic carbocycles. The lowest BCUT2D eigenvalue weighted by molar-refractivity contribution is 0.174. The summed E-state index contributed by atoms with van der Waals surface area (Å²) < 4.78 is 18.3. The highest BCUT2D eigenvalue weighted by molar-refractivity contribution is 5.68. The predicted molar refractivity (Wildman–Crippen MR) is 130 cm³/mol. The van der Waals surface area contributed by atoms with Gasteiger partial charge in [-0.25, -0.2) is 4.98 Å². The van der Waals surface area contributed by atoms with Crippen LogP contribution in [0.1, 0.15) is 35.6 Å². The van der Waals surface area contributed by atoms with E-state index in [-0.39, 0.29) is 6.79 Å². The first-order valence-electron chi connectivity index (χ1n) is 11.4. The summed E-state index contributed by atoms with van der Waals surface area (Å²) in [7, 11) is 2.06. The second kappa shape index (κ2) is 10.2. The molecule has 0 unspecified atom stereocenters. The van der Waals surface area contributed by atoms with Crippen LogP contribution in [-0.4, -0.2) is 33.8 Å². The lowest BCUT2D eigenvalue weighted by Crippen LogP contribution is -2.16. The fourth-order valence-corrected chi connectivity index (χ4v) is 3.86. The van der Waals surface area contributed by atoms with E-state index in [9.17, 15) is 0 Å². The Labute approximate surface area is 198 Å². The van der Waals surface area contributed by atoms with Gasteiger partial charge in [0.15, 0.2) is 11.5 Å². The van der Waals surface area contributed by atoms with Crippen LogP contribution in [0.3, 0.4) is 0 Å². The molecule has 0 saturated carbocycles. The van der Waals surface area contributed by atoms with E-state index >= 15 is 0 Å². The Bertz CT molecular complexity index is 1230. The highest BCUT2D eigenvalue weighted by atomic mass is 16.7. The van der Waals surface area contributed by atoms with Crippen LogP contribution < -0.4 is 14.4 Å². The van der Waals surface area contributed by atoms with Crippen molar-refractivity contribution in [1.82, 2.24) is 20.0 Å². The van der Waals surface area contributed by atoms with Gasteiger partial charge in [0, 0.05) is 31.6 Å². The normalized spacial score (nSPS) is 12.5. The van der Waals surface area contributed by atoms with Crippen LogP contribution in [0, 0.1) is 0 Å². The van der Waals surface area contributed by atoms with Gasteiger partial charge >= 0.3 is 0 Å². The number of aromatic nitrogens is 4. The van der Waals surface area contributed by atoms with Crippen LogP contribution in [-0.2, 0) is 19.5 Å². The van der Waals surface area contributed by atoms with E-state index in [0.717, 1.165) is 54.3 Å². The Morgan fingerprint density at radius 1 is 1.03 bits per heavy atom. The second-order valence-corrected chi connectivity index (χ2v) is 8.27. The molecule has 3 heterocycles. The van der Waals surface area contributed by atoms with Gasteiger partial charge in [-0.15, -0.1) is 5.10 Å². The minimum atomic E-state index is 0.271. The maximum Gasteiger partial charge on any atom is 0.231 e. The molecule has 2 aromatic carbocycles. The standard InChI is InChI=1S/C26H27N5O3/c1-30(23-9-5-20(6-10-23)4-2-3-14-31-15-13-27-29-31)17-22-18-32-26(28-22)12-8-21-7-11-24-25(16-21)34-19-33-24/h5-13,15-16,18H,2-4,14,17,19H2,1H3/b12-8+. The van der Waals surface area contributed by atoms with Crippen LogP contribution in [0.25, 0.3) is 12.2 Å². The number of anilines is 1. The van der Waals surface area contributed by atoms with E-state index in [0.29, 0.717) is 12.4 Å². The van der Waals surface area contributed by atoms with Gasteiger partial charge in [0.25, 0.3) is 0 Å². The molecule has 0 fully saturated rings. The number of fused-ring (bicyclic) bond motifs is 1. The third-order valence-electron chi connectivity index (χ3n) is 5.74. The second-order valence-electron chi connectivity index (χ2n) is 8.27. The van der Waals surface area contributed by atoms with E-state index in [2.05, 4.69) is 51.5 Å². The molecule has 0 amide bonds. The molecule has 0 N–H and O–H groups in total. The summed E-state index contributed by atoms with van der Waals surface area (Å²) in [5.41, 5.74) is 4.37. The van der Waals surface area contributed by atoms with E-state index in [1.807, 2.05) is 41.2 Å². The van der Waals surface area contributed by atoms with Gasteiger partial charge in [-0.05, 0) is 60.7 Å². The Kier molecular flexibility index (Phi) is 6.56. The van der Waals surface area contributed by atoms with Crippen molar-refractivity contribution in [3.63, 3.8) is 0 Å². The van der Waals surface area contributed by atoms with Crippen molar-refractivity contribution in [2.45, 2.75) is 32.4 Å². The van der Waals surface area contributed by atoms with Gasteiger partial charge in [0.05, 0.1) is 18.4 Å². The summed E-state index contributed by atoms with van der Waals surface area (Å²) in [5.74, 6) is 2.10. The average molecular weight is 458 g/mol. The maximum atomic E-state index is 5.63. The number of oxazole rings is 1. The Morgan fingerprint density at radius 3 is 2.76 bits per heavy atom. The molecule has 0 saturated heterocycles. The molecule has 1 aliphatic rings. The fourth-order valence-electron chi connectivity index (χ4n) is 3.86. The first-order valence-corrected chi connectivity index (χ1v) is 11.4. The van der Waals surface area contributed by atoms with Crippen LogP contribution in [0.2, 0.25) is 0 Å². The minimum Gasteiger partial charge on any atom is -0.454 e. The van der Waals surface area contributed by atoms with Gasteiger partial charge < -0.3 is 18.8 Å². The third-order valence-corrected chi connectivity index (χ3v) is 5.74. The molecule has 4 aromatic rings. The van der Waals surface area contributed by atoms with Crippen molar-refractivity contribution in [3.8, 4) is 11.5 Å². The van der Waals surface area contributed by atoms with Crippen LogP contribution in [0.15, 0.2) is 65.5 Å². The molecule has 0 bridgehead atoms. The van der Waals surface area contributed by atoms with Gasteiger partial charge in [0.2, 0.25) is 12.7 Å². The van der Waals surface area contributed by atoms with Crippen molar-refractivity contribution in [1.29, 1.82) is 0 Å². The summed E-state index contributed by atoms with van der Waals surface area (Å²) in [6.45, 7) is 1.84.